The molecule has 0 saturated heterocycles. The maximum absolute atomic E-state index is 14.7. The molecule has 0 fully saturated rings. The van der Waals surface area contributed by atoms with E-state index < -0.39 is 51.6 Å². The molecular formula is C23H19F3N4O3S. The van der Waals surface area contributed by atoms with Gasteiger partial charge in [0.1, 0.15) is 22.0 Å². The van der Waals surface area contributed by atoms with E-state index in [1.807, 2.05) is 0 Å². The Kier molecular flexibility index (Phi) is 6.24. The number of benzene rings is 2. The average molecular weight is 488 g/mol. The van der Waals surface area contributed by atoms with Gasteiger partial charge in [-0.1, -0.05) is 36.4 Å². The Morgan fingerprint density at radius 1 is 1.15 bits per heavy atom. The van der Waals surface area contributed by atoms with E-state index >= 15 is 0 Å². The Bertz CT molecular complexity index is 1420. The molecule has 11 heteroatoms. The number of sulfonamides is 1. The van der Waals surface area contributed by atoms with Crippen molar-refractivity contribution in [3.63, 3.8) is 0 Å². The van der Waals surface area contributed by atoms with Gasteiger partial charge in [-0.15, -0.1) is 0 Å². The lowest BCUT2D eigenvalue weighted by molar-refractivity contribution is -0.122. The van der Waals surface area contributed by atoms with Crippen LogP contribution >= 0.6 is 0 Å². The maximum Gasteiger partial charge on any atom is 0.243 e. The van der Waals surface area contributed by atoms with Gasteiger partial charge in [0.2, 0.25) is 15.9 Å². The predicted molar refractivity (Wildman–Crippen MR) is 119 cm³/mol. The van der Waals surface area contributed by atoms with Gasteiger partial charge >= 0.3 is 0 Å². The Morgan fingerprint density at radius 2 is 1.91 bits per heavy atom. The van der Waals surface area contributed by atoms with E-state index in [1.54, 1.807) is 6.07 Å². The van der Waals surface area contributed by atoms with Crippen molar-refractivity contribution in [3.05, 3.63) is 90.3 Å². The summed E-state index contributed by atoms with van der Waals surface area (Å²) in [7, 11) is -4.50. The number of nitrogens with two attached hydrogens (primary N) is 1. The second-order valence-corrected chi connectivity index (χ2v) is 9.37. The topological polar surface area (TPSA) is 115 Å². The van der Waals surface area contributed by atoms with Gasteiger partial charge in [0.15, 0.2) is 0 Å². The van der Waals surface area contributed by atoms with E-state index in [0.717, 1.165) is 12.1 Å². The Hall–Kier alpha value is -3.57. The highest BCUT2D eigenvalue weighted by Gasteiger charge is 2.50. The van der Waals surface area contributed by atoms with Crippen LogP contribution in [0.1, 0.15) is 11.5 Å². The van der Waals surface area contributed by atoms with Crippen molar-refractivity contribution in [1.82, 2.24) is 14.7 Å². The van der Waals surface area contributed by atoms with Crippen molar-refractivity contribution in [3.8, 4) is 0 Å². The number of hydrogen-bond donors (Lipinski definition) is 2. The van der Waals surface area contributed by atoms with Gasteiger partial charge in [-0.25, -0.2) is 17.2 Å². The lowest BCUT2D eigenvalue weighted by Crippen LogP contribution is -2.60. The Labute approximate surface area is 193 Å². The van der Waals surface area contributed by atoms with Crippen LogP contribution in [0.3, 0.4) is 0 Å². The molecule has 2 aromatic carbocycles. The molecule has 3 unspecified atom stereocenters. The second kappa shape index (κ2) is 8.99. The van der Waals surface area contributed by atoms with Crippen LogP contribution in [-0.2, 0) is 14.8 Å². The first-order chi connectivity index (χ1) is 16.2. The molecule has 1 amide bonds. The number of hydrogen-bond acceptors (Lipinski definition) is 5. The first-order valence-corrected chi connectivity index (χ1v) is 11.6. The van der Waals surface area contributed by atoms with E-state index in [9.17, 15) is 26.4 Å². The Balaban J connectivity index is 1.93. The quantitative estimate of drug-likeness (QED) is 0.531. The SMILES string of the molecule is NC(=O)C1C=CC=CC1(NS(=O)(=O)c1cccc2nccnc12)C(CF)c1ccc(F)cc1F. The largest absolute Gasteiger partial charge is 0.369 e. The van der Waals surface area contributed by atoms with E-state index in [1.165, 1.54) is 48.8 Å². The number of fused-ring (bicyclic) bond motifs is 1. The molecule has 1 heterocycles. The number of rotatable bonds is 7. The number of amides is 1. The van der Waals surface area contributed by atoms with Crippen molar-refractivity contribution in [2.75, 3.05) is 6.67 Å². The minimum Gasteiger partial charge on any atom is -0.369 e. The third-order valence-corrected chi connectivity index (χ3v) is 7.27. The molecule has 1 aliphatic rings. The number of alkyl halides is 1. The Morgan fingerprint density at radius 3 is 2.62 bits per heavy atom. The molecule has 7 nitrogen and oxygen atoms in total. The fraction of sp³-hybridized carbons (Fsp3) is 0.174. The first kappa shape index (κ1) is 23.6. The molecule has 1 aliphatic carbocycles. The summed E-state index contributed by atoms with van der Waals surface area (Å²) < 4.78 is 72.5. The predicted octanol–water partition coefficient (Wildman–Crippen LogP) is 2.91. The third-order valence-electron chi connectivity index (χ3n) is 5.74. The van der Waals surface area contributed by atoms with E-state index in [4.69, 9.17) is 5.73 Å². The molecule has 0 aliphatic heterocycles. The van der Waals surface area contributed by atoms with E-state index in [2.05, 4.69) is 14.7 Å². The summed E-state index contributed by atoms with van der Waals surface area (Å²) in [6, 6.07) is 6.78. The van der Waals surface area contributed by atoms with E-state index in [-0.39, 0.29) is 21.5 Å². The number of carbonyl (C=O) groups excluding carboxylic acids is 1. The molecule has 1 aromatic heterocycles. The lowest BCUT2D eigenvalue weighted by atomic mass is 9.69. The minimum atomic E-state index is -4.50. The lowest BCUT2D eigenvalue weighted by Gasteiger charge is -2.42. The van der Waals surface area contributed by atoms with Crippen molar-refractivity contribution in [2.45, 2.75) is 16.4 Å². The minimum absolute atomic E-state index is 0.0448. The highest BCUT2D eigenvalue weighted by molar-refractivity contribution is 7.89. The van der Waals surface area contributed by atoms with Gasteiger partial charge in [0.25, 0.3) is 0 Å². The zero-order valence-corrected chi connectivity index (χ0v) is 18.3. The van der Waals surface area contributed by atoms with Crippen LogP contribution in [0.2, 0.25) is 0 Å². The number of nitrogens with one attached hydrogen (secondary N) is 1. The van der Waals surface area contributed by atoms with Gasteiger partial charge in [-0.3, -0.25) is 19.2 Å². The number of allylic oxidation sites excluding steroid dienone is 2. The van der Waals surface area contributed by atoms with Gasteiger partial charge in [-0.05, 0) is 23.8 Å². The monoisotopic (exact) mass is 488 g/mol. The molecule has 0 bridgehead atoms. The second-order valence-electron chi connectivity index (χ2n) is 7.72. The molecule has 176 valence electrons. The van der Waals surface area contributed by atoms with Gasteiger partial charge < -0.3 is 5.73 Å². The molecule has 34 heavy (non-hydrogen) atoms. The standard InChI is InChI=1S/C23H19F3N4O3S/c24-13-17(15-8-7-14(25)12-18(15)26)23(9-2-1-4-16(23)22(27)31)30-34(32,33)20-6-3-5-19-21(20)29-11-10-28-19/h1-12,16-17,30H,13H2,(H2,27,31). The number of para-hydroxylation sites is 1. The molecule has 4 rings (SSSR count). The van der Waals surface area contributed by atoms with E-state index in [0.29, 0.717) is 6.07 Å². The highest BCUT2D eigenvalue weighted by Crippen LogP contribution is 2.41. The van der Waals surface area contributed by atoms with Crippen LogP contribution in [0.5, 0.6) is 0 Å². The zero-order valence-electron chi connectivity index (χ0n) is 17.5. The summed E-state index contributed by atoms with van der Waals surface area (Å²) in [5.41, 5.74) is 3.53. The van der Waals surface area contributed by atoms with Crippen LogP contribution in [0.25, 0.3) is 11.0 Å². The van der Waals surface area contributed by atoms with Crippen molar-refractivity contribution in [2.24, 2.45) is 11.7 Å². The fourth-order valence-electron chi connectivity index (χ4n) is 4.21. The molecule has 3 atom stereocenters. The van der Waals surface area contributed by atoms with Crippen LogP contribution in [-0.4, -0.2) is 36.5 Å². The summed E-state index contributed by atoms with van der Waals surface area (Å²) >= 11 is 0. The normalized spacial score (nSPS) is 21.0. The van der Waals surface area contributed by atoms with Crippen LogP contribution in [0.4, 0.5) is 13.2 Å². The van der Waals surface area contributed by atoms with Gasteiger partial charge in [0, 0.05) is 24.4 Å². The molecule has 0 spiro atoms. The summed E-state index contributed by atoms with van der Waals surface area (Å²) in [6.45, 7) is -1.29. The average Bonchev–Trinajstić information content (AvgIpc) is 2.80. The fourth-order valence-corrected chi connectivity index (χ4v) is 5.79. The highest BCUT2D eigenvalue weighted by atomic mass is 32.2. The van der Waals surface area contributed by atoms with Gasteiger partial charge in [-0.2, -0.15) is 4.72 Å². The van der Waals surface area contributed by atoms with Crippen molar-refractivity contribution in [1.29, 1.82) is 0 Å². The summed E-state index contributed by atoms with van der Waals surface area (Å²) in [6.07, 6.45) is 8.10. The maximum atomic E-state index is 14.7. The summed E-state index contributed by atoms with van der Waals surface area (Å²) in [5, 5.41) is 0. The summed E-state index contributed by atoms with van der Waals surface area (Å²) in [4.78, 5) is 20.3. The number of halogens is 3. The van der Waals surface area contributed by atoms with Crippen LogP contribution in [0.15, 0.2) is 78.0 Å². The van der Waals surface area contributed by atoms with Crippen LogP contribution in [0, 0.1) is 17.6 Å². The first-order valence-electron chi connectivity index (χ1n) is 10.1. The summed E-state index contributed by atoms with van der Waals surface area (Å²) in [5.74, 6) is -5.92. The number of primary amides is 1. The van der Waals surface area contributed by atoms with Crippen LogP contribution < -0.4 is 10.5 Å². The number of nitrogens with zero attached hydrogens (tertiary/aromatic N) is 2. The molecule has 3 N–H and O–H groups in total. The molecule has 0 saturated carbocycles. The number of carbonyl (C=O) groups is 1. The van der Waals surface area contributed by atoms with Gasteiger partial charge in [0.05, 0.1) is 23.6 Å². The molecule has 0 radical (unpaired) electrons. The molecular weight excluding hydrogens is 469 g/mol. The smallest absolute Gasteiger partial charge is 0.243 e. The van der Waals surface area contributed by atoms with Crippen molar-refractivity contribution >= 4 is 27.0 Å². The number of aromatic nitrogens is 2. The van der Waals surface area contributed by atoms with Crippen molar-refractivity contribution < 1.29 is 26.4 Å². The third kappa shape index (κ3) is 4.08. The zero-order chi connectivity index (χ0) is 24.5. The molecule has 3 aromatic rings.